The Morgan fingerprint density at radius 1 is 1.07 bits per heavy atom. The highest BCUT2D eigenvalue weighted by atomic mass is 32.2. The van der Waals surface area contributed by atoms with Gasteiger partial charge in [0.15, 0.2) is 0 Å². The summed E-state index contributed by atoms with van der Waals surface area (Å²) in [4.78, 5) is 13.7. The fourth-order valence-electron chi connectivity index (χ4n) is 2.65. The second kappa shape index (κ2) is 10.1. The molecule has 0 spiro atoms. The minimum absolute atomic E-state index is 0.0394. The number of amides is 1. The molecule has 0 atom stereocenters. The molecule has 6 nitrogen and oxygen atoms in total. The summed E-state index contributed by atoms with van der Waals surface area (Å²) in [6.45, 7) is 4.33. The van der Waals surface area contributed by atoms with Gasteiger partial charge in [0, 0.05) is 19.3 Å². The van der Waals surface area contributed by atoms with Crippen molar-refractivity contribution in [2.45, 2.75) is 32.8 Å². The fourth-order valence-corrected chi connectivity index (χ4v) is 3.76. The molecule has 0 saturated heterocycles. The monoisotopic (exact) mass is 404 g/mol. The molecule has 152 valence electrons. The van der Waals surface area contributed by atoms with Crippen molar-refractivity contribution in [2.75, 3.05) is 24.1 Å². The molecule has 0 aromatic heterocycles. The van der Waals surface area contributed by atoms with Crippen LogP contribution in [0, 0.1) is 0 Å². The Bertz CT molecular complexity index is 850. The topological polar surface area (TPSA) is 75.7 Å². The van der Waals surface area contributed by atoms with Crippen molar-refractivity contribution in [1.82, 2.24) is 4.90 Å². The van der Waals surface area contributed by atoms with E-state index in [9.17, 15) is 13.2 Å². The molecule has 0 fully saturated rings. The van der Waals surface area contributed by atoms with Crippen molar-refractivity contribution in [3.8, 4) is 5.75 Å². The van der Waals surface area contributed by atoms with Crippen LogP contribution in [0.3, 0.4) is 0 Å². The molecule has 1 N–H and O–H groups in total. The molecule has 0 radical (unpaired) electrons. The quantitative estimate of drug-likeness (QED) is 0.659. The predicted molar refractivity (Wildman–Crippen MR) is 112 cm³/mol. The number of carbonyl (C=O) groups is 1. The Balaban J connectivity index is 1.82. The maximum atomic E-state index is 12.3. The molecule has 2 aromatic rings. The van der Waals surface area contributed by atoms with Crippen LogP contribution in [0.25, 0.3) is 0 Å². The van der Waals surface area contributed by atoms with Gasteiger partial charge in [0.05, 0.1) is 6.10 Å². The zero-order valence-corrected chi connectivity index (χ0v) is 17.4. The van der Waals surface area contributed by atoms with E-state index in [4.69, 9.17) is 4.74 Å². The van der Waals surface area contributed by atoms with E-state index >= 15 is 0 Å². The highest BCUT2D eigenvalue weighted by molar-refractivity contribution is 7.93. The number of aryl methyl sites for hydroxylation is 1. The van der Waals surface area contributed by atoms with E-state index < -0.39 is 21.7 Å². The largest absolute Gasteiger partial charge is 0.491 e. The van der Waals surface area contributed by atoms with Crippen LogP contribution in [0.15, 0.2) is 54.6 Å². The van der Waals surface area contributed by atoms with Crippen LogP contribution >= 0.6 is 0 Å². The zero-order chi connectivity index (χ0) is 20.6. The average Bonchev–Trinajstić information content (AvgIpc) is 2.63. The molecule has 0 heterocycles. The van der Waals surface area contributed by atoms with Crippen LogP contribution in [0.1, 0.15) is 25.8 Å². The average molecular weight is 405 g/mol. The number of benzene rings is 2. The van der Waals surface area contributed by atoms with E-state index in [1.807, 2.05) is 44.2 Å². The van der Waals surface area contributed by atoms with Crippen molar-refractivity contribution in [3.05, 3.63) is 60.2 Å². The number of rotatable bonds is 10. The predicted octanol–water partition coefficient (Wildman–Crippen LogP) is 3.31. The van der Waals surface area contributed by atoms with Crippen molar-refractivity contribution in [3.63, 3.8) is 0 Å². The minimum atomic E-state index is -3.77. The molecule has 2 aromatic carbocycles. The first kappa shape index (κ1) is 21.8. The lowest BCUT2D eigenvalue weighted by molar-refractivity contribution is -0.127. The second-order valence-corrected chi connectivity index (χ2v) is 8.68. The Hall–Kier alpha value is -2.54. The van der Waals surface area contributed by atoms with Crippen molar-refractivity contribution in [2.24, 2.45) is 0 Å². The SMILES string of the molecule is CC(C)Oc1ccc(NS(=O)(=O)CC(=O)N(C)CCCc2ccccc2)cc1. The molecule has 0 aliphatic carbocycles. The first-order valence-electron chi connectivity index (χ1n) is 9.30. The third-order valence-corrected chi connectivity index (χ3v) is 5.21. The standard InChI is InChI=1S/C21H28N2O4S/c1-17(2)27-20-13-11-19(12-14-20)22-28(25,26)16-21(24)23(3)15-7-10-18-8-5-4-6-9-18/h4-6,8-9,11-14,17,22H,7,10,15-16H2,1-3H3. The lowest BCUT2D eigenvalue weighted by Gasteiger charge is -2.17. The van der Waals surface area contributed by atoms with Crippen LogP contribution in [-0.2, 0) is 21.2 Å². The summed E-state index contributed by atoms with van der Waals surface area (Å²) in [7, 11) is -2.15. The summed E-state index contributed by atoms with van der Waals surface area (Å²) in [6.07, 6.45) is 1.66. The third-order valence-electron chi connectivity index (χ3n) is 4.04. The van der Waals surface area contributed by atoms with Gasteiger partial charge in [-0.2, -0.15) is 0 Å². The molecule has 0 unspecified atom stereocenters. The number of sulfonamides is 1. The molecule has 7 heteroatoms. The van der Waals surface area contributed by atoms with E-state index in [0.717, 1.165) is 12.8 Å². The lowest BCUT2D eigenvalue weighted by Crippen LogP contribution is -2.35. The van der Waals surface area contributed by atoms with Crippen LogP contribution in [-0.4, -0.2) is 44.7 Å². The van der Waals surface area contributed by atoms with Gasteiger partial charge in [-0.25, -0.2) is 8.42 Å². The molecule has 28 heavy (non-hydrogen) atoms. The van der Waals surface area contributed by atoms with Crippen LogP contribution < -0.4 is 9.46 Å². The zero-order valence-electron chi connectivity index (χ0n) is 16.6. The molecule has 0 saturated carbocycles. The first-order chi connectivity index (χ1) is 13.2. The number of ether oxygens (including phenoxy) is 1. The van der Waals surface area contributed by atoms with Gasteiger partial charge in [-0.3, -0.25) is 9.52 Å². The fraction of sp³-hybridized carbons (Fsp3) is 0.381. The second-order valence-electron chi connectivity index (χ2n) is 6.96. The number of nitrogens with one attached hydrogen (secondary N) is 1. The summed E-state index contributed by atoms with van der Waals surface area (Å²) in [5.41, 5.74) is 1.60. The lowest BCUT2D eigenvalue weighted by atomic mass is 10.1. The van der Waals surface area contributed by atoms with Gasteiger partial charge >= 0.3 is 0 Å². The van der Waals surface area contributed by atoms with Crippen molar-refractivity contribution >= 4 is 21.6 Å². The van der Waals surface area contributed by atoms with E-state index in [2.05, 4.69) is 4.72 Å². The van der Waals surface area contributed by atoms with E-state index in [1.54, 1.807) is 31.3 Å². The molecule has 0 aliphatic heterocycles. The van der Waals surface area contributed by atoms with Crippen molar-refractivity contribution in [1.29, 1.82) is 0 Å². The summed E-state index contributed by atoms with van der Waals surface area (Å²) >= 11 is 0. The van der Waals surface area contributed by atoms with E-state index in [1.165, 1.54) is 10.5 Å². The van der Waals surface area contributed by atoms with Gasteiger partial charge in [-0.05, 0) is 56.5 Å². The smallest absolute Gasteiger partial charge is 0.241 e. The normalized spacial score (nSPS) is 11.3. The van der Waals surface area contributed by atoms with Gasteiger partial charge < -0.3 is 9.64 Å². The highest BCUT2D eigenvalue weighted by Crippen LogP contribution is 2.18. The van der Waals surface area contributed by atoms with Gasteiger partial charge in [0.2, 0.25) is 15.9 Å². The van der Waals surface area contributed by atoms with Crippen LogP contribution in [0.5, 0.6) is 5.75 Å². The van der Waals surface area contributed by atoms with E-state index in [-0.39, 0.29) is 6.10 Å². The number of carbonyl (C=O) groups excluding carboxylic acids is 1. The van der Waals surface area contributed by atoms with Crippen LogP contribution in [0.2, 0.25) is 0 Å². The summed E-state index contributed by atoms with van der Waals surface area (Å²) < 4.78 is 32.5. The first-order valence-corrected chi connectivity index (χ1v) is 11.0. The van der Waals surface area contributed by atoms with Gasteiger partial charge in [0.1, 0.15) is 11.5 Å². The Labute approximate surface area is 167 Å². The van der Waals surface area contributed by atoms with E-state index in [0.29, 0.717) is 18.0 Å². The van der Waals surface area contributed by atoms with Gasteiger partial charge in [-0.15, -0.1) is 0 Å². The maximum absolute atomic E-state index is 12.3. The molecule has 1 amide bonds. The molecule has 2 rings (SSSR count). The minimum Gasteiger partial charge on any atom is -0.491 e. The third kappa shape index (κ3) is 7.60. The maximum Gasteiger partial charge on any atom is 0.241 e. The number of hydrogen-bond acceptors (Lipinski definition) is 4. The Morgan fingerprint density at radius 3 is 2.32 bits per heavy atom. The highest BCUT2D eigenvalue weighted by Gasteiger charge is 2.19. The molecule has 0 aliphatic rings. The number of anilines is 1. The number of nitrogens with zero attached hydrogens (tertiary/aromatic N) is 1. The Kier molecular flexibility index (Phi) is 7.87. The summed E-state index contributed by atoms with van der Waals surface area (Å²) in [5.74, 6) is -0.355. The van der Waals surface area contributed by atoms with Gasteiger partial charge in [-0.1, -0.05) is 30.3 Å². The van der Waals surface area contributed by atoms with Crippen LogP contribution in [0.4, 0.5) is 5.69 Å². The van der Waals surface area contributed by atoms with Crippen molar-refractivity contribution < 1.29 is 17.9 Å². The number of hydrogen-bond donors (Lipinski definition) is 1. The summed E-state index contributed by atoms with van der Waals surface area (Å²) in [6, 6.07) is 16.6. The molecular formula is C21H28N2O4S. The molecule has 0 bridgehead atoms. The summed E-state index contributed by atoms with van der Waals surface area (Å²) in [5, 5.41) is 0. The van der Waals surface area contributed by atoms with Gasteiger partial charge in [0.25, 0.3) is 0 Å². The Morgan fingerprint density at radius 2 is 1.71 bits per heavy atom. The molecular weight excluding hydrogens is 376 g/mol.